The number of hydrogen-bond acceptors (Lipinski definition) is 5. The van der Waals surface area contributed by atoms with Gasteiger partial charge in [-0.05, 0) is 65.9 Å². The second-order valence-electron chi connectivity index (χ2n) is 15.6. The molecule has 0 radical (unpaired) electrons. The van der Waals surface area contributed by atoms with Crippen LogP contribution in [0.15, 0.2) is 79.0 Å². The van der Waals surface area contributed by atoms with Gasteiger partial charge in [-0.15, -0.1) is 35.7 Å². The third-order valence-corrected chi connectivity index (χ3v) is 9.46. The van der Waals surface area contributed by atoms with E-state index in [9.17, 15) is 0 Å². The average molecular weight is 797 g/mol. The van der Waals surface area contributed by atoms with Gasteiger partial charge in [0.2, 0.25) is 0 Å². The SMILES string of the molecule is COc1ccnc(-n2c3[c-]c(Oc4[c-]c(-n5nc(C(C)(C)C)c(-c6c(C)cc(OC)cc6C)c5C(C)(C)C)cc(C)c4)ccc3c3ccccc32)c1.[Pd+2]. The molecular formula is C45H46N4O3Pd. The summed E-state index contributed by atoms with van der Waals surface area (Å²) >= 11 is 0. The van der Waals surface area contributed by atoms with E-state index in [-0.39, 0.29) is 31.3 Å². The van der Waals surface area contributed by atoms with Crippen LogP contribution in [-0.2, 0) is 31.3 Å². The van der Waals surface area contributed by atoms with Crippen LogP contribution in [0.1, 0.15) is 69.6 Å². The van der Waals surface area contributed by atoms with E-state index in [0.717, 1.165) is 78.5 Å². The van der Waals surface area contributed by atoms with Crippen LogP contribution in [0.25, 0.3) is 44.4 Å². The normalized spacial score (nSPS) is 11.9. The first kappa shape index (κ1) is 37.8. The number of aromatic nitrogens is 4. The maximum Gasteiger partial charge on any atom is 2.00 e. The summed E-state index contributed by atoms with van der Waals surface area (Å²) in [5.41, 5.74) is 10.0. The standard InChI is InChI=1S/C45H46N4O3.Pd/c1-27-20-30(49-43(45(7,8)9)41(42(47-49)44(4,5)6)40-28(2)22-33(51-11)23-29(40)3)24-34(21-27)52-32-16-17-36-35-14-12-13-15-37(35)48(38(36)25-32)39-26-31(50-10)18-19-46-39;/h12-23,26H,1-11H3;/q-2;+2. The molecule has 0 amide bonds. The summed E-state index contributed by atoms with van der Waals surface area (Å²) in [6.45, 7) is 19.8. The Kier molecular flexibility index (Phi) is 10.1. The molecule has 0 atom stereocenters. The Morgan fingerprint density at radius 2 is 1.38 bits per heavy atom. The van der Waals surface area contributed by atoms with Crippen LogP contribution in [0.4, 0.5) is 0 Å². The molecule has 0 aliphatic rings. The smallest absolute Gasteiger partial charge is 0.509 e. The Bertz CT molecular complexity index is 2460. The number of pyridine rings is 1. The van der Waals surface area contributed by atoms with E-state index in [1.807, 2.05) is 36.4 Å². The van der Waals surface area contributed by atoms with Crippen molar-refractivity contribution in [3.05, 3.63) is 119 Å². The number of nitrogens with zero attached hydrogens (tertiary/aromatic N) is 4. The van der Waals surface area contributed by atoms with Gasteiger partial charge in [-0.1, -0.05) is 72.2 Å². The van der Waals surface area contributed by atoms with E-state index in [1.54, 1.807) is 20.4 Å². The third kappa shape index (κ3) is 6.99. The number of benzene rings is 4. The first-order chi connectivity index (χ1) is 24.7. The van der Waals surface area contributed by atoms with Gasteiger partial charge in [0.1, 0.15) is 17.3 Å². The number of methoxy groups -OCH3 is 2. The fourth-order valence-corrected chi connectivity index (χ4v) is 7.25. The molecule has 274 valence electrons. The fraction of sp³-hybridized carbons (Fsp3) is 0.289. The van der Waals surface area contributed by atoms with E-state index in [1.165, 1.54) is 5.56 Å². The number of rotatable bonds is 7. The quantitative estimate of drug-likeness (QED) is 0.119. The monoisotopic (exact) mass is 796 g/mol. The first-order valence-corrected chi connectivity index (χ1v) is 17.7. The summed E-state index contributed by atoms with van der Waals surface area (Å²) in [6, 6.07) is 31.6. The number of aryl methyl sites for hydroxylation is 3. The van der Waals surface area contributed by atoms with E-state index < -0.39 is 0 Å². The molecule has 7 aromatic rings. The maximum atomic E-state index is 6.61. The summed E-state index contributed by atoms with van der Waals surface area (Å²) < 4.78 is 22.0. The van der Waals surface area contributed by atoms with Crippen molar-refractivity contribution >= 4 is 21.8 Å². The number of ether oxygens (including phenoxy) is 3. The van der Waals surface area contributed by atoms with Crippen molar-refractivity contribution in [2.75, 3.05) is 14.2 Å². The van der Waals surface area contributed by atoms with E-state index >= 15 is 0 Å². The molecule has 0 aliphatic heterocycles. The molecule has 4 aromatic carbocycles. The molecule has 7 rings (SSSR count). The molecule has 0 fully saturated rings. The Morgan fingerprint density at radius 3 is 2.04 bits per heavy atom. The zero-order chi connectivity index (χ0) is 37.1. The van der Waals surface area contributed by atoms with Gasteiger partial charge in [0.25, 0.3) is 0 Å². The van der Waals surface area contributed by atoms with Crippen LogP contribution in [-0.4, -0.2) is 33.6 Å². The second-order valence-corrected chi connectivity index (χ2v) is 15.6. The number of fused-ring (bicyclic) bond motifs is 3. The molecule has 0 N–H and O–H groups in total. The summed E-state index contributed by atoms with van der Waals surface area (Å²) in [4.78, 5) is 4.70. The molecule has 0 aliphatic carbocycles. The van der Waals surface area contributed by atoms with Gasteiger partial charge in [-0.25, -0.2) is 4.98 Å². The summed E-state index contributed by atoms with van der Waals surface area (Å²) in [6.07, 6.45) is 1.76. The third-order valence-electron chi connectivity index (χ3n) is 9.46. The van der Waals surface area contributed by atoms with Gasteiger partial charge >= 0.3 is 20.4 Å². The summed E-state index contributed by atoms with van der Waals surface area (Å²) in [7, 11) is 3.38. The molecule has 0 saturated carbocycles. The van der Waals surface area contributed by atoms with Crippen LogP contribution in [0.5, 0.6) is 23.0 Å². The van der Waals surface area contributed by atoms with Crippen molar-refractivity contribution in [3.63, 3.8) is 0 Å². The molecule has 3 aromatic heterocycles. The summed E-state index contributed by atoms with van der Waals surface area (Å²) in [5, 5.41) is 7.57. The molecule has 53 heavy (non-hydrogen) atoms. The van der Waals surface area contributed by atoms with Crippen LogP contribution >= 0.6 is 0 Å². The van der Waals surface area contributed by atoms with Gasteiger partial charge in [0, 0.05) is 45.7 Å². The van der Waals surface area contributed by atoms with Gasteiger partial charge < -0.3 is 18.8 Å². The summed E-state index contributed by atoms with van der Waals surface area (Å²) in [5.74, 6) is 3.48. The van der Waals surface area contributed by atoms with Gasteiger partial charge in [0.15, 0.2) is 0 Å². The van der Waals surface area contributed by atoms with Gasteiger partial charge in [-0.3, -0.25) is 4.68 Å². The van der Waals surface area contributed by atoms with Crippen molar-refractivity contribution < 1.29 is 34.6 Å². The minimum absolute atomic E-state index is 0. The Morgan fingerprint density at radius 1 is 0.679 bits per heavy atom. The predicted molar refractivity (Wildman–Crippen MR) is 210 cm³/mol. The van der Waals surface area contributed by atoms with E-state index in [2.05, 4.69) is 120 Å². The van der Waals surface area contributed by atoms with Crippen molar-refractivity contribution in [3.8, 4) is 45.6 Å². The Hall–Kier alpha value is -4.90. The molecule has 0 bridgehead atoms. The first-order valence-electron chi connectivity index (χ1n) is 17.7. The Labute approximate surface area is 326 Å². The van der Waals surface area contributed by atoms with Crippen molar-refractivity contribution in [1.82, 2.24) is 19.3 Å². The van der Waals surface area contributed by atoms with Gasteiger partial charge in [0.05, 0.1) is 25.6 Å². The topological polar surface area (TPSA) is 63.3 Å². The van der Waals surface area contributed by atoms with Crippen molar-refractivity contribution in [2.24, 2.45) is 0 Å². The molecule has 8 heteroatoms. The van der Waals surface area contributed by atoms with E-state index in [4.69, 9.17) is 24.3 Å². The number of para-hydroxylation sites is 1. The number of hydrogen-bond donors (Lipinski definition) is 0. The van der Waals surface area contributed by atoms with E-state index in [0.29, 0.717) is 11.5 Å². The van der Waals surface area contributed by atoms with Crippen molar-refractivity contribution in [1.29, 1.82) is 0 Å². The van der Waals surface area contributed by atoms with Crippen LogP contribution in [0.3, 0.4) is 0 Å². The molecule has 0 saturated heterocycles. The zero-order valence-electron chi connectivity index (χ0n) is 32.3. The molecule has 7 nitrogen and oxygen atoms in total. The molecule has 0 spiro atoms. The van der Waals surface area contributed by atoms with Gasteiger partial charge in [-0.2, -0.15) is 16.7 Å². The molecular weight excluding hydrogens is 751 g/mol. The van der Waals surface area contributed by atoms with Crippen LogP contribution in [0.2, 0.25) is 0 Å². The largest absolute Gasteiger partial charge is 2.00 e. The Balaban J connectivity index is 0.00000481. The minimum atomic E-state index is -0.260. The van der Waals surface area contributed by atoms with Crippen LogP contribution < -0.4 is 14.2 Å². The average Bonchev–Trinajstić information content (AvgIpc) is 3.65. The predicted octanol–water partition coefficient (Wildman–Crippen LogP) is 11.0. The fourth-order valence-electron chi connectivity index (χ4n) is 7.25. The minimum Gasteiger partial charge on any atom is -0.509 e. The van der Waals surface area contributed by atoms with Crippen molar-refractivity contribution in [2.45, 2.75) is 73.1 Å². The molecule has 3 heterocycles. The zero-order valence-corrected chi connectivity index (χ0v) is 33.9. The maximum absolute atomic E-state index is 6.61. The second kappa shape index (κ2) is 14.2. The van der Waals surface area contributed by atoms with Crippen LogP contribution in [0, 0.1) is 32.9 Å². The molecule has 0 unspecified atom stereocenters.